The minimum atomic E-state index is -3.83. The second-order valence-electron chi connectivity index (χ2n) is 5.62. The number of hydrogen-bond donors (Lipinski definition) is 1. The first-order chi connectivity index (χ1) is 11.3. The van der Waals surface area contributed by atoms with Crippen LogP contribution in [0.4, 0.5) is 5.69 Å². The Morgan fingerprint density at radius 2 is 1.92 bits per heavy atom. The van der Waals surface area contributed by atoms with Crippen molar-refractivity contribution in [1.82, 2.24) is 9.21 Å². The van der Waals surface area contributed by atoms with Gasteiger partial charge in [-0.25, -0.2) is 8.42 Å². The lowest BCUT2D eigenvalue weighted by Gasteiger charge is -2.35. The Morgan fingerprint density at radius 3 is 2.44 bits per heavy atom. The Labute approximate surface area is 152 Å². The average molecular weight is 393 g/mol. The van der Waals surface area contributed by atoms with E-state index in [9.17, 15) is 23.3 Å². The molecule has 1 heterocycles. The summed E-state index contributed by atoms with van der Waals surface area (Å²) in [6.07, 6.45) is 0. The van der Waals surface area contributed by atoms with Gasteiger partial charge in [-0.1, -0.05) is 13.0 Å². The molecule has 11 heteroatoms. The lowest BCUT2D eigenvalue weighted by molar-refractivity contribution is -0.385. The normalized spacial score (nSPS) is 16.8. The lowest BCUT2D eigenvalue weighted by Crippen LogP contribution is -2.52. The average Bonchev–Trinajstić information content (AvgIpc) is 2.60. The highest BCUT2D eigenvalue weighted by atomic mass is 35.5. The molecule has 2 rings (SSSR count). The van der Waals surface area contributed by atoms with Crippen molar-refractivity contribution in [2.45, 2.75) is 11.8 Å². The van der Waals surface area contributed by atoms with E-state index in [4.69, 9.17) is 5.73 Å². The molecule has 1 atom stereocenters. The van der Waals surface area contributed by atoms with Crippen LogP contribution >= 0.6 is 12.4 Å². The van der Waals surface area contributed by atoms with Gasteiger partial charge in [0.05, 0.1) is 9.82 Å². The summed E-state index contributed by atoms with van der Waals surface area (Å²) in [4.78, 5) is 23.7. The molecule has 1 unspecified atom stereocenters. The van der Waals surface area contributed by atoms with E-state index < -0.39 is 14.9 Å². The Kier molecular flexibility index (Phi) is 7.29. The van der Waals surface area contributed by atoms with Gasteiger partial charge in [-0.3, -0.25) is 14.9 Å². The van der Waals surface area contributed by atoms with Crippen molar-refractivity contribution in [2.24, 2.45) is 11.7 Å². The van der Waals surface area contributed by atoms with E-state index in [2.05, 4.69) is 0 Å². The molecule has 0 bridgehead atoms. The van der Waals surface area contributed by atoms with Crippen molar-refractivity contribution in [2.75, 3.05) is 32.7 Å². The number of nitrogens with two attached hydrogens (primary N) is 1. The maximum atomic E-state index is 12.6. The minimum Gasteiger partial charge on any atom is -0.340 e. The summed E-state index contributed by atoms with van der Waals surface area (Å²) >= 11 is 0. The van der Waals surface area contributed by atoms with E-state index in [1.165, 1.54) is 22.5 Å². The highest BCUT2D eigenvalue weighted by Gasteiger charge is 2.31. The summed E-state index contributed by atoms with van der Waals surface area (Å²) in [6, 6.07) is 4.96. The third kappa shape index (κ3) is 4.66. The number of nitrogens with zero attached hydrogens (tertiary/aromatic N) is 3. The zero-order valence-corrected chi connectivity index (χ0v) is 15.3. The number of carbonyl (C=O) groups is 1. The largest absolute Gasteiger partial charge is 0.340 e. The second-order valence-corrected chi connectivity index (χ2v) is 7.56. The lowest BCUT2D eigenvalue weighted by atomic mass is 10.1. The van der Waals surface area contributed by atoms with E-state index >= 15 is 0 Å². The summed E-state index contributed by atoms with van der Waals surface area (Å²) in [6.45, 7) is 2.82. The van der Waals surface area contributed by atoms with Gasteiger partial charge in [-0.2, -0.15) is 4.31 Å². The Hall–Kier alpha value is -1.75. The first kappa shape index (κ1) is 21.3. The number of sulfonamides is 1. The van der Waals surface area contributed by atoms with Crippen LogP contribution in [0.15, 0.2) is 29.2 Å². The van der Waals surface area contributed by atoms with Gasteiger partial charge in [-0.05, 0) is 6.07 Å². The molecule has 140 valence electrons. The number of amides is 1. The number of non-ortho nitro benzene ring substituents is 1. The van der Waals surface area contributed by atoms with Crippen LogP contribution in [0.3, 0.4) is 0 Å². The highest BCUT2D eigenvalue weighted by Crippen LogP contribution is 2.22. The van der Waals surface area contributed by atoms with E-state index in [0.717, 1.165) is 6.07 Å². The van der Waals surface area contributed by atoms with Crippen molar-refractivity contribution in [3.05, 3.63) is 34.4 Å². The van der Waals surface area contributed by atoms with Crippen LogP contribution < -0.4 is 5.73 Å². The fraction of sp³-hybridized carbons (Fsp3) is 0.500. The molecular formula is C14H21ClN4O5S. The van der Waals surface area contributed by atoms with Gasteiger partial charge in [0.15, 0.2) is 0 Å². The summed E-state index contributed by atoms with van der Waals surface area (Å²) < 4.78 is 26.5. The Bertz CT molecular complexity index is 734. The molecule has 0 radical (unpaired) electrons. The van der Waals surface area contributed by atoms with Gasteiger partial charge in [0.1, 0.15) is 0 Å². The van der Waals surface area contributed by atoms with Crippen molar-refractivity contribution in [3.8, 4) is 0 Å². The molecule has 0 spiro atoms. The standard InChI is InChI=1S/C14H20N4O5S.ClH/c1-11(10-15)14(19)16-5-7-17(8-6-16)24(22,23)13-4-2-3-12(9-13)18(20)21;/h2-4,9,11H,5-8,10,15H2,1H3;1H. The van der Waals surface area contributed by atoms with Gasteiger partial charge in [0.2, 0.25) is 15.9 Å². The quantitative estimate of drug-likeness (QED) is 0.572. The highest BCUT2D eigenvalue weighted by molar-refractivity contribution is 7.89. The molecule has 0 saturated carbocycles. The molecule has 0 aliphatic carbocycles. The third-order valence-electron chi connectivity index (χ3n) is 3.99. The molecule has 1 saturated heterocycles. The third-order valence-corrected chi connectivity index (χ3v) is 5.89. The number of rotatable bonds is 5. The van der Waals surface area contributed by atoms with Crippen LogP contribution in [0.1, 0.15) is 6.92 Å². The predicted octanol–water partition coefficient (Wildman–Crippen LogP) is 0.444. The van der Waals surface area contributed by atoms with Crippen LogP contribution in [0, 0.1) is 16.0 Å². The molecule has 1 aliphatic rings. The molecule has 25 heavy (non-hydrogen) atoms. The van der Waals surface area contributed by atoms with Crippen LogP contribution in [0.5, 0.6) is 0 Å². The van der Waals surface area contributed by atoms with E-state index in [1.807, 2.05) is 0 Å². The van der Waals surface area contributed by atoms with Crippen molar-refractivity contribution < 1.29 is 18.1 Å². The van der Waals surface area contributed by atoms with Crippen molar-refractivity contribution in [1.29, 1.82) is 0 Å². The van der Waals surface area contributed by atoms with Crippen molar-refractivity contribution >= 4 is 34.0 Å². The maximum Gasteiger partial charge on any atom is 0.270 e. The molecule has 1 fully saturated rings. The molecule has 2 N–H and O–H groups in total. The molecular weight excluding hydrogens is 372 g/mol. The van der Waals surface area contributed by atoms with Gasteiger partial charge < -0.3 is 10.6 Å². The molecule has 1 aromatic carbocycles. The number of benzene rings is 1. The molecule has 1 amide bonds. The van der Waals surface area contributed by atoms with Gasteiger partial charge in [-0.15, -0.1) is 12.4 Å². The monoisotopic (exact) mass is 392 g/mol. The summed E-state index contributed by atoms with van der Waals surface area (Å²) in [5, 5.41) is 10.8. The number of nitro groups is 1. The van der Waals surface area contributed by atoms with Crippen LogP contribution in [-0.2, 0) is 14.8 Å². The molecule has 0 aromatic heterocycles. The molecule has 1 aromatic rings. The SMILES string of the molecule is CC(CN)C(=O)N1CCN(S(=O)(=O)c2cccc([N+](=O)[O-])c2)CC1.Cl. The molecule has 1 aliphatic heterocycles. The first-order valence-corrected chi connectivity index (χ1v) is 8.95. The Balaban J connectivity index is 0.00000312. The first-order valence-electron chi connectivity index (χ1n) is 7.51. The maximum absolute atomic E-state index is 12.6. The number of nitro benzene ring substituents is 1. The van der Waals surface area contributed by atoms with E-state index in [-0.39, 0.29) is 67.5 Å². The Morgan fingerprint density at radius 1 is 1.32 bits per heavy atom. The number of hydrogen-bond acceptors (Lipinski definition) is 6. The zero-order valence-electron chi connectivity index (χ0n) is 13.7. The number of carbonyl (C=O) groups excluding carboxylic acids is 1. The van der Waals surface area contributed by atoms with Crippen LogP contribution in [0.2, 0.25) is 0 Å². The van der Waals surface area contributed by atoms with Crippen molar-refractivity contribution in [3.63, 3.8) is 0 Å². The van der Waals surface area contributed by atoms with Gasteiger partial charge in [0.25, 0.3) is 5.69 Å². The van der Waals surface area contributed by atoms with Crippen LogP contribution in [0.25, 0.3) is 0 Å². The zero-order chi connectivity index (χ0) is 17.9. The minimum absolute atomic E-state index is 0. The van der Waals surface area contributed by atoms with E-state index in [1.54, 1.807) is 11.8 Å². The van der Waals surface area contributed by atoms with Gasteiger partial charge in [0, 0.05) is 50.8 Å². The topological polar surface area (TPSA) is 127 Å². The fourth-order valence-electron chi connectivity index (χ4n) is 2.47. The van der Waals surface area contributed by atoms with Crippen LogP contribution in [-0.4, -0.2) is 61.2 Å². The smallest absolute Gasteiger partial charge is 0.270 e. The molecule has 9 nitrogen and oxygen atoms in total. The summed E-state index contributed by atoms with van der Waals surface area (Å²) in [5.74, 6) is -0.394. The van der Waals surface area contributed by atoms with E-state index in [0.29, 0.717) is 0 Å². The number of piperazine rings is 1. The van der Waals surface area contributed by atoms with Gasteiger partial charge >= 0.3 is 0 Å². The second kappa shape index (κ2) is 8.56. The fourth-order valence-corrected chi connectivity index (χ4v) is 3.93. The predicted molar refractivity (Wildman–Crippen MR) is 93.9 cm³/mol. The summed E-state index contributed by atoms with van der Waals surface area (Å²) in [7, 11) is -3.83. The summed E-state index contributed by atoms with van der Waals surface area (Å²) in [5.41, 5.74) is 5.21. The number of halogens is 1.